The van der Waals surface area contributed by atoms with E-state index < -0.39 is 0 Å². The second-order valence-corrected chi connectivity index (χ2v) is 8.25. The molecule has 0 aromatic heterocycles. The SMILES string of the molecule is CC1(C)[C@H](NCCCN2CCC[C@H](C(N)=O)C2)[C@@H]2CCCO[C@H]21. The van der Waals surface area contributed by atoms with Crippen LogP contribution in [0, 0.1) is 17.3 Å². The first-order valence-corrected chi connectivity index (χ1v) is 9.37. The van der Waals surface area contributed by atoms with Gasteiger partial charge in [-0.3, -0.25) is 4.79 Å². The second kappa shape index (κ2) is 7.08. The van der Waals surface area contributed by atoms with E-state index in [1.54, 1.807) is 0 Å². The molecule has 5 nitrogen and oxygen atoms in total. The average Bonchev–Trinajstić information content (AvgIpc) is 2.54. The molecular weight excluding hydrogens is 290 g/mol. The first-order chi connectivity index (χ1) is 11.0. The lowest BCUT2D eigenvalue weighted by molar-refractivity contribution is -0.192. The topological polar surface area (TPSA) is 67.6 Å². The number of carbonyl (C=O) groups is 1. The summed E-state index contributed by atoms with van der Waals surface area (Å²) in [6.45, 7) is 9.68. The Morgan fingerprint density at radius 2 is 2.17 bits per heavy atom. The molecule has 2 heterocycles. The molecule has 3 aliphatic rings. The maximum absolute atomic E-state index is 11.3. The molecular formula is C18H33N3O2. The van der Waals surface area contributed by atoms with Gasteiger partial charge in [-0.1, -0.05) is 13.8 Å². The molecule has 0 bridgehead atoms. The highest BCUT2D eigenvalue weighted by atomic mass is 16.5. The summed E-state index contributed by atoms with van der Waals surface area (Å²) in [5, 5.41) is 3.78. The minimum Gasteiger partial charge on any atom is -0.377 e. The Morgan fingerprint density at radius 3 is 2.96 bits per heavy atom. The predicted molar refractivity (Wildman–Crippen MR) is 91.0 cm³/mol. The molecule has 3 N–H and O–H groups in total. The lowest BCUT2D eigenvalue weighted by Crippen LogP contribution is -2.69. The molecule has 3 fully saturated rings. The first kappa shape index (κ1) is 17.2. The van der Waals surface area contributed by atoms with Crippen molar-refractivity contribution in [2.24, 2.45) is 23.0 Å². The van der Waals surface area contributed by atoms with Crippen LogP contribution in [-0.4, -0.2) is 55.7 Å². The number of likely N-dealkylation sites (tertiary alicyclic amines) is 1. The van der Waals surface area contributed by atoms with Crippen LogP contribution in [0.3, 0.4) is 0 Å². The third-order valence-corrected chi connectivity index (χ3v) is 6.25. The van der Waals surface area contributed by atoms with Gasteiger partial charge in [-0.25, -0.2) is 0 Å². The van der Waals surface area contributed by atoms with Crippen molar-refractivity contribution in [3.05, 3.63) is 0 Å². The molecule has 1 saturated carbocycles. The van der Waals surface area contributed by atoms with Gasteiger partial charge in [-0.15, -0.1) is 0 Å². The van der Waals surface area contributed by atoms with Gasteiger partial charge < -0.3 is 20.7 Å². The van der Waals surface area contributed by atoms with E-state index in [-0.39, 0.29) is 17.2 Å². The number of rotatable bonds is 6. The van der Waals surface area contributed by atoms with Crippen LogP contribution >= 0.6 is 0 Å². The monoisotopic (exact) mass is 323 g/mol. The third-order valence-electron chi connectivity index (χ3n) is 6.25. The Morgan fingerprint density at radius 1 is 1.35 bits per heavy atom. The molecule has 0 aromatic rings. The molecule has 2 saturated heterocycles. The second-order valence-electron chi connectivity index (χ2n) is 8.25. The summed E-state index contributed by atoms with van der Waals surface area (Å²) in [7, 11) is 0. The van der Waals surface area contributed by atoms with E-state index >= 15 is 0 Å². The van der Waals surface area contributed by atoms with E-state index in [1.165, 1.54) is 12.8 Å². The zero-order valence-electron chi connectivity index (χ0n) is 14.7. The number of nitrogens with two attached hydrogens (primary N) is 1. The van der Waals surface area contributed by atoms with Gasteiger partial charge >= 0.3 is 0 Å². The molecule has 1 aliphatic carbocycles. The Bertz CT molecular complexity index is 426. The number of amides is 1. The lowest BCUT2D eigenvalue weighted by atomic mass is 9.55. The molecule has 0 radical (unpaired) electrons. The quantitative estimate of drug-likeness (QED) is 0.725. The molecule has 0 spiro atoms. The summed E-state index contributed by atoms with van der Waals surface area (Å²) in [5.41, 5.74) is 5.71. The van der Waals surface area contributed by atoms with Crippen LogP contribution in [-0.2, 0) is 9.53 Å². The van der Waals surface area contributed by atoms with E-state index in [0.29, 0.717) is 18.1 Å². The number of ether oxygens (including phenoxy) is 1. The van der Waals surface area contributed by atoms with Crippen molar-refractivity contribution in [1.29, 1.82) is 0 Å². The van der Waals surface area contributed by atoms with Crippen molar-refractivity contribution in [3.63, 3.8) is 0 Å². The molecule has 0 unspecified atom stereocenters. The van der Waals surface area contributed by atoms with Crippen molar-refractivity contribution >= 4 is 5.91 Å². The predicted octanol–water partition coefficient (Wildman–Crippen LogP) is 1.37. The number of carbonyl (C=O) groups excluding carboxylic acids is 1. The van der Waals surface area contributed by atoms with E-state index in [1.807, 2.05) is 0 Å². The highest BCUT2D eigenvalue weighted by Gasteiger charge is 2.57. The van der Waals surface area contributed by atoms with Gasteiger partial charge in [0.25, 0.3) is 0 Å². The number of primary amides is 1. The summed E-state index contributed by atoms with van der Waals surface area (Å²) in [6, 6.07) is 0.590. The van der Waals surface area contributed by atoms with Crippen LogP contribution < -0.4 is 11.1 Å². The summed E-state index contributed by atoms with van der Waals surface area (Å²) < 4.78 is 5.97. The Labute approximate surface area is 140 Å². The zero-order chi connectivity index (χ0) is 16.4. The maximum Gasteiger partial charge on any atom is 0.221 e. The number of hydrogen-bond acceptors (Lipinski definition) is 4. The summed E-state index contributed by atoms with van der Waals surface area (Å²) in [4.78, 5) is 13.7. The van der Waals surface area contributed by atoms with Crippen LogP contribution in [0.5, 0.6) is 0 Å². The number of fused-ring (bicyclic) bond motifs is 1. The Kier molecular flexibility index (Phi) is 5.29. The van der Waals surface area contributed by atoms with Crippen LogP contribution in [0.4, 0.5) is 0 Å². The highest BCUT2D eigenvalue weighted by molar-refractivity contribution is 5.76. The van der Waals surface area contributed by atoms with Crippen molar-refractivity contribution in [2.45, 2.75) is 58.1 Å². The van der Waals surface area contributed by atoms with Crippen molar-refractivity contribution in [1.82, 2.24) is 10.2 Å². The van der Waals surface area contributed by atoms with Gasteiger partial charge in [0, 0.05) is 30.5 Å². The van der Waals surface area contributed by atoms with E-state index in [0.717, 1.165) is 52.0 Å². The molecule has 4 atom stereocenters. The molecule has 5 heteroatoms. The average molecular weight is 323 g/mol. The first-order valence-electron chi connectivity index (χ1n) is 9.37. The van der Waals surface area contributed by atoms with E-state index in [2.05, 4.69) is 24.1 Å². The van der Waals surface area contributed by atoms with Crippen molar-refractivity contribution in [3.8, 4) is 0 Å². The Hall–Kier alpha value is -0.650. The van der Waals surface area contributed by atoms with Gasteiger partial charge in [-0.2, -0.15) is 0 Å². The standard InChI is InChI=1S/C18H33N3O2/c1-18(2)15(14-7-4-11-23-16(14)18)20-8-5-10-21-9-3-6-13(12-21)17(19)22/h13-16,20H,3-12H2,1-2H3,(H2,19,22)/t13-,14-,15+,16+/m0/s1. The zero-order valence-corrected chi connectivity index (χ0v) is 14.7. The molecule has 132 valence electrons. The molecule has 1 amide bonds. The summed E-state index contributed by atoms with van der Waals surface area (Å²) >= 11 is 0. The van der Waals surface area contributed by atoms with Gasteiger partial charge in [0.05, 0.1) is 12.0 Å². The normalized spacial score (nSPS) is 37.0. The van der Waals surface area contributed by atoms with Crippen molar-refractivity contribution < 1.29 is 9.53 Å². The fourth-order valence-electron chi connectivity index (χ4n) is 4.99. The largest absolute Gasteiger partial charge is 0.377 e. The molecule has 0 aromatic carbocycles. The highest BCUT2D eigenvalue weighted by Crippen LogP contribution is 2.51. The Balaban J connectivity index is 1.37. The number of hydrogen-bond donors (Lipinski definition) is 2. The van der Waals surface area contributed by atoms with Crippen molar-refractivity contribution in [2.75, 3.05) is 32.8 Å². The van der Waals surface area contributed by atoms with E-state index in [4.69, 9.17) is 10.5 Å². The molecule has 2 aliphatic heterocycles. The minimum absolute atomic E-state index is 0.0578. The van der Waals surface area contributed by atoms with Gasteiger partial charge in [0.15, 0.2) is 0 Å². The summed E-state index contributed by atoms with van der Waals surface area (Å²) in [6.07, 6.45) is 6.15. The molecule has 23 heavy (non-hydrogen) atoms. The van der Waals surface area contributed by atoms with Crippen LogP contribution in [0.1, 0.15) is 46.0 Å². The minimum atomic E-state index is -0.132. The van der Waals surface area contributed by atoms with E-state index in [9.17, 15) is 4.79 Å². The van der Waals surface area contributed by atoms with Crippen LogP contribution in [0.2, 0.25) is 0 Å². The van der Waals surface area contributed by atoms with Gasteiger partial charge in [0.2, 0.25) is 5.91 Å². The van der Waals surface area contributed by atoms with Crippen LogP contribution in [0.25, 0.3) is 0 Å². The number of piperidine rings is 1. The number of nitrogens with one attached hydrogen (secondary N) is 1. The maximum atomic E-state index is 11.3. The van der Waals surface area contributed by atoms with Crippen LogP contribution in [0.15, 0.2) is 0 Å². The number of nitrogens with zero attached hydrogens (tertiary/aromatic N) is 1. The summed E-state index contributed by atoms with van der Waals surface area (Å²) in [5.74, 6) is 0.628. The lowest BCUT2D eigenvalue weighted by Gasteiger charge is -2.60. The van der Waals surface area contributed by atoms with Gasteiger partial charge in [-0.05, 0) is 51.7 Å². The fourth-order valence-corrected chi connectivity index (χ4v) is 4.99. The fraction of sp³-hybridized carbons (Fsp3) is 0.944. The van der Waals surface area contributed by atoms with Gasteiger partial charge in [0.1, 0.15) is 0 Å². The smallest absolute Gasteiger partial charge is 0.221 e. The third kappa shape index (κ3) is 3.57. The molecule has 3 rings (SSSR count).